The predicted octanol–water partition coefficient (Wildman–Crippen LogP) is 1.74. The molecule has 0 unspecified atom stereocenters. The van der Waals surface area contributed by atoms with E-state index in [1.807, 2.05) is 6.20 Å². The number of aromatic nitrogens is 2. The summed E-state index contributed by atoms with van der Waals surface area (Å²) >= 11 is 0. The summed E-state index contributed by atoms with van der Waals surface area (Å²) in [6, 6.07) is 6.69. The van der Waals surface area contributed by atoms with Crippen molar-refractivity contribution in [1.82, 2.24) is 10.2 Å². The second-order valence-electron chi connectivity index (χ2n) is 3.20. The first-order valence-electron chi connectivity index (χ1n) is 4.74. The molecule has 0 fully saturated rings. The molecule has 1 heterocycles. The van der Waals surface area contributed by atoms with Crippen LogP contribution in [0.5, 0.6) is 11.5 Å². The van der Waals surface area contributed by atoms with Gasteiger partial charge in [-0.25, -0.2) is 0 Å². The van der Waals surface area contributed by atoms with Gasteiger partial charge in [-0.3, -0.25) is 5.10 Å². The number of phenolic OH excluding ortho intramolecular Hbond substituents is 1. The van der Waals surface area contributed by atoms with Crippen molar-refractivity contribution < 1.29 is 9.84 Å². The van der Waals surface area contributed by atoms with Crippen LogP contribution in [0.1, 0.15) is 5.56 Å². The van der Waals surface area contributed by atoms with E-state index in [4.69, 9.17) is 9.84 Å². The molecule has 2 aromatic rings. The standard InChI is InChI=1S/C11H12N2O2/c14-10-1-3-11(4-2-10)15-6-5-9-7-12-13-8-9/h1-4,7-8,14H,5-6H2,(H,12,13). The van der Waals surface area contributed by atoms with Crippen LogP contribution in [0.15, 0.2) is 36.7 Å². The van der Waals surface area contributed by atoms with Gasteiger partial charge in [0.15, 0.2) is 0 Å². The lowest BCUT2D eigenvalue weighted by molar-refractivity contribution is 0.321. The van der Waals surface area contributed by atoms with Gasteiger partial charge < -0.3 is 9.84 Å². The molecule has 0 atom stereocenters. The minimum Gasteiger partial charge on any atom is -0.508 e. The average Bonchev–Trinajstić information content (AvgIpc) is 2.74. The van der Waals surface area contributed by atoms with Gasteiger partial charge in [-0.1, -0.05) is 0 Å². The maximum atomic E-state index is 9.06. The topological polar surface area (TPSA) is 58.1 Å². The van der Waals surface area contributed by atoms with E-state index in [0.717, 1.165) is 17.7 Å². The Morgan fingerprint density at radius 3 is 2.73 bits per heavy atom. The van der Waals surface area contributed by atoms with E-state index in [9.17, 15) is 0 Å². The minimum absolute atomic E-state index is 0.247. The van der Waals surface area contributed by atoms with Crippen LogP contribution < -0.4 is 4.74 Å². The summed E-state index contributed by atoms with van der Waals surface area (Å²) in [4.78, 5) is 0. The van der Waals surface area contributed by atoms with Gasteiger partial charge in [-0.2, -0.15) is 5.10 Å². The fourth-order valence-electron chi connectivity index (χ4n) is 1.24. The Morgan fingerprint density at radius 2 is 2.07 bits per heavy atom. The Bertz CT molecular complexity index is 395. The first-order valence-corrected chi connectivity index (χ1v) is 4.74. The highest BCUT2D eigenvalue weighted by Gasteiger charge is 1.96. The average molecular weight is 204 g/mol. The Balaban J connectivity index is 1.81. The van der Waals surface area contributed by atoms with Crippen LogP contribution in [0, 0.1) is 0 Å². The van der Waals surface area contributed by atoms with Gasteiger partial charge in [0.1, 0.15) is 11.5 Å². The van der Waals surface area contributed by atoms with Crippen molar-refractivity contribution in [2.75, 3.05) is 6.61 Å². The SMILES string of the molecule is Oc1ccc(OCCc2cn[nH]c2)cc1. The monoisotopic (exact) mass is 204 g/mol. The number of hydrogen-bond donors (Lipinski definition) is 2. The van der Waals surface area contributed by atoms with Crippen molar-refractivity contribution in [2.45, 2.75) is 6.42 Å². The molecule has 2 rings (SSSR count). The summed E-state index contributed by atoms with van der Waals surface area (Å²) in [5, 5.41) is 15.7. The molecular weight excluding hydrogens is 192 g/mol. The van der Waals surface area contributed by atoms with Crippen LogP contribution in [-0.4, -0.2) is 21.9 Å². The predicted molar refractivity (Wildman–Crippen MR) is 55.9 cm³/mol. The summed E-state index contributed by atoms with van der Waals surface area (Å²) in [6.45, 7) is 0.601. The van der Waals surface area contributed by atoms with Crippen LogP contribution in [0.4, 0.5) is 0 Å². The first-order chi connectivity index (χ1) is 7.34. The van der Waals surface area contributed by atoms with Gasteiger partial charge in [0.2, 0.25) is 0 Å². The molecule has 0 amide bonds. The Morgan fingerprint density at radius 1 is 1.27 bits per heavy atom. The lowest BCUT2D eigenvalue weighted by atomic mass is 10.3. The highest BCUT2D eigenvalue weighted by Crippen LogP contribution is 2.15. The molecule has 0 bridgehead atoms. The minimum atomic E-state index is 0.247. The smallest absolute Gasteiger partial charge is 0.119 e. The van der Waals surface area contributed by atoms with Crippen molar-refractivity contribution in [2.24, 2.45) is 0 Å². The number of ether oxygens (including phenoxy) is 1. The van der Waals surface area contributed by atoms with E-state index in [1.165, 1.54) is 0 Å². The molecule has 0 radical (unpaired) electrons. The molecule has 2 N–H and O–H groups in total. The van der Waals surface area contributed by atoms with E-state index >= 15 is 0 Å². The second-order valence-corrected chi connectivity index (χ2v) is 3.20. The quantitative estimate of drug-likeness (QED) is 0.797. The molecule has 1 aromatic carbocycles. The molecule has 0 aliphatic rings. The molecule has 0 aliphatic carbocycles. The Labute approximate surface area is 87.5 Å². The van der Waals surface area contributed by atoms with E-state index in [0.29, 0.717) is 6.61 Å². The number of aromatic hydroxyl groups is 1. The van der Waals surface area contributed by atoms with Crippen LogP contribution in [-0.2, 0) is 6.42 Å². The molecule has 1 aromatic heterocycles. The number of nitrogens with one attached hydrogen (secondary N) is 1. The third-order valence-electron chi connectivity index (χ3n) is 2.05. The van der Waals surface area contributed by atoms with Gasteiger partial charge in [0.05, 0.1) is 12.8 Å². The number of hydrogen-bond acceptors (Lipinski definition) is 3. The van der Waals surface area contributed by atoms with E-state index in [2.05, 4.69) is 10.2 Å². The summed E-state index contributed by atoms with van der Waals surface area (Å²) in [6.07, 6.45) is 4.44. The van der Waals surface area contributed by atoms with E-state index in [-0.39, 0.29) is 5.75 Å². The lowest BCUT2D eigenvalue weighted by Crippen LogP contribution is -2.00. The summed E-state index contributed by atoms with van der Waals surface area (Å²) < 4.78 is 5.48. The maximum Gasteiger partial charge on any atom is 0.119 e. The van der Waals surface area contributed by atoms with E-state index in [1.54, 1.807) is 30.5 Å². The van der Waals surface area contributed by atoms with Crippen molar-refractivity contribution in [1.29, 1.82) is 0 Å². The number of H-pyrrole nitrogens is 1. The Kier molecular flexibility index (Phi) is 2.88. The molecular formula is C11H12N2O2. The first kappa shape index (κ1) is 9.58. The molecule has 4 heteroatoms. The molecule has 0 aliphatic heterocycles. The van der Waals surface area contributed by atoms with Gasteiger partial charge in [-0.05, 0) is 29.8 Å². The van der Waals surface area contributed by atoms with Crippen molar-refractivity contribution in [3.05, 3.63) is 42.2 Å². The van der Waals surface area contributed by atoms with Crippen LogP contribution in [0.3, 0.4) is 0 Å². The second kappa shape index (κ2) is 4.50. The summed E-state index contributed by atoms with van der Waals surface area (Å²) in [7, 11) is 0. The maximum absolute atomic E-state index is 9.06. The third-order valence-corrected chi connectivity index (χ3v) is 2.05. The van der Waals surface area contributed by atoms with Crippen LogP contribution in [0.2, 0.25) is 0 Å². The number of phenols is 1. The van der Waals surface area contributed by atoms with E-state index < -0.39 is 0 Å². The van der Waals surface area contributed by atoms with Crippen molar-refractivity contribution >= 4 is 0 Å². The normalized spacial score (nSPS) is 10.1. The van der Waals surface area contributed by atoms with Crippen LogP contribution in [0.25, 0.3) is 0 Å². The molecule has 0 spiro atoms. The Hall–Kier alpha value is -1.97. The highest BCUT2D eigenvalue weighted by atomic mass is 16.5. The lowest BCUT2D eigenvalue weighted by Gasteiger charge is -2.04. The molecule has 0 saturated carbocycles. The summed E-state index contributed by atoms with van der Waals surface area (Å²) in [5.41, 5.74) is 1.12. The third kappa shape index (κ3) is 2.74. The van der Waals surface area contributed by atoms with Gasteiger partial charge in [0, 0.05) is 12.6 Å². The number of nitrogens with zero attached hydrogens (tertiary/aromatic N) is 1. The van der Waals surface area contributed by atoms with Crippen LogP contribution >= 0.6 is 0 Å². The largest absolute Gasteiger partial charge is 0.508 e. The zero-order chi connectivity index (χ0) is 10.5. The van der Waals surface area contributed by atoms with Gasteiger partial charge in [0.25, 0.3) is 0 Å². The molecule has 4 nitrogen and oxygen atoms in total. The molecule has 78 valence electrons. The van der Waals surface area contributed by atoms with Crippen molar-refractivity contribution in [3.63, 3.8) is 0 Å². The van der Waals surface area contributed by atoms with Crippen molar-refractivity contribution in [3.8, 4) is 11.5 Å². The fraction of sp³-hybridized carbons (Fsp3) is 0.182. The fourth-order valence-corrected chi connectivity index (χ4v) is 1.24. The number of benzene rings is 1. The zero-order valence-corrected chi connectivity index (χ0v) is 8.18. The molecule has 15 heavy (non-hydrogen) atoms. The van der Waals surface area contributed by atoms with Gasteiger partial charge in [-0.15, -0.1) is 0 Å². The molecule has 0 saturated heterocycles. The van der Waals surface area contributed by atoms with Gasteiger partial charge >= 0.3 is 0 Å². The number of rotatable bonds is 4. The highest BCUT2D eigenvalue weighted by molar-refractivity contribution is 5.30. The summed E-state index contributed by atoms with van der Waals surface area (Å²) in [5.74, 6) is 1.01. The number of aromatic amines is 1. The zero-order valence-electron chi connectivity index (χ0n) is 8.18.